The van der Waals surface area contributed by atoms with Gasteiger partial charge in [0.2, 0.25) is 17.7 Å². The van der Waals surface area contributed by atoms with Crippen molar-refractivity contribution >= 4 is 35.4 Å². The number of urea groups is 1. The van der Waals surface area contributed by atoms with Crippen LogP contribution >= 0.6 is 0 Å². The molecule has 3 heterocycles. The van der Waals surface area contributed by atoms with Gasteiger partial charge in [-0.3, -0.25) is 19.2 Å². The zero-order valence-electron chi connectivity index (χ0n) is 21.1. The first-order chi connectivity index (χ1) is 17.7. The molecular weight excluding hydrogens is 478 g/mol. The van der Waals surface area contributed by atoms with Crippen LogP contribution in [-0.4, -0.2) is 94.3 Å². The summed E-state index contributed by atoms with van der Waals surface area (Å²) < 4.78 is 0. The number of aryl methyl sites for hydroxylation is 1. The summed E-state index contributed by atoms with van der Waals surface area (Å²) in [7, 11) is 0. The van der Waals surface area contributed by atoms with Gasteiger partial charge in [-0.1, -0.05) is 18.2 Å². The molecular formula is C26H35N5O6. The number of hydrogen-bond donors (Lipinski definition) is 3. The molecule has 37 heavy (non-hydrogen) atoms. The molecule has 3 fully saturated rings. The monoisotopic (exact) mass is 513 g/mol. The Morgan fingerprint density at radius 1 is 1.00 bits per heavy atom. The molecule has 0 aliphatic carbocycles. The van der Waals surface area contributed by atoms with Crippen molar-refractivity contribution < 1.29 is 29.1 Å². The van der Waals surface area contributed by atoms with Gasteiger partial charge in [0.05, 0.1) is 6.54 Å². The molecule has 0 spiro atoms. The second-order valence-corrected chi connectivity index (χ2v) is 10.1. The molecule has 0 aromatic heterocycles. The Morgan fingerprint density at radius 3 is 2.43 bits per heavy atom. The number of aliphatic carboxylic acids is 1. The summed E-state index contributed by atoms with van der Waals surface area (Å²) in [6, 6.07) is 5.61. The van der Waals surface area contributed by atoms with E-state index < -0.39 is 24.1 Å². The summed E-state index contributed by atoms with van der Waals surface area (Å²) in [5.41, 5.74) is 1.57. The first-order valence-corrected chi connectivity index (χ1v) is 12.9. The highest BCUT2D eigenvalue weighted by Gasteiger charge is 2.40. The van der Waals surface area contributed by atoms with Gasteiger partial charge in [0, 0.05) is 38.3 Å². The first kappa shape index (κ1) is 26.4. The van der Waals surface area contributed by atoms with Crippen LogP contribution in [0.25, 0.3) is 0 Å². The number of piperidine rings is 1. The fourth-order valence-corrected chi connectivity index (χ4v) is 5.45. The number of rotatable bonds is 7. The van der Waals surface area contributed by atoms with Crippen molar-refractivity contribution in [3.05, 3.63) is 29.8 Å². The number of likely N-dealkylation sites (tertiary alicyclic amines) is 3. The summed E-state index contributed by atoms with van der Waals surface area (Å²) in [5, 5.41) is 14.4. The number of benzene rings is 1. The zero-order chi connectivity index (χ0) is 26.5. The van der Waals surface area contributed by atoms with E-state index in [0.717, 1.165) is 12.0 Å². The largest absolute Gasteiger partial charge is 0.481 e. The number of para-hydroxylation sites is 1. The first-order valence-electron chi connectivity index (χ1n) is 12.9. The molecule has 2 unspecified atom stereocenters. The molecule has 11 heteroatoms. The molecule has 11 nitrogen and oxygen atoms in total. The lowest BCUT2D eigenvalue weighted by atomic mass is 9.93. The minimum atomic E-state index is -0.821. The van der Waals surface area contributed by atoms with Gasteiger partial charge in [0.1, 0.15) is 12.1 Å². The van der Waals surface area contributed by atoms with Crippen LogP contribution in [0.4, 0.5) is 10.5 Å². The molecule has 3 aliphatic heterocycles. The number of carbonyl (C=O) groups excluding carboxylic acids is 4. The normalized spacial score (nSPS) is 22.3. The van der Waals surface area contributed by atoms with E-state index in [1.807, 2.05) is 25.1 Å². The highest BCUT2D eigenvalue weighted by atomic mass is 16.4. The number of amides is 5. The van der Waals surface area contributed by atoms with Crippen molar-refractivity contribution in [2.45, 2.75) is 57.5 Å². The van der Waals surface area contributed by atoms with Crippen molar-refractivity contribution in [3.8, 4) is 0 Å². The van der Waals surface area contributed by atoms with Gasteiger partial charge in [-0.05, 0) is 56.6 Å². The Balaban J connectivity index is 1.27. The van der Waals surface area contributed by atoms with Crippen molar-refractivity contribution in [2.24, 2.45) is 5.92 Å². The average Bonchev–Trinajstić information content (AvgIpc) is 3.48. The summed E-state index contributed by atoms with van der Waals surface area (Å²) in [6.07, 6.45) is 3.11. The Labute approximate surface area is 216 Å². The van der Waals surface area contributed by atoms with E-state index in [4.69, 9.17) is 5.11 Å². The standard InChI is InChI=1S/C26H35N5O6/c1-17-5-2-3-6-19(17)27-26(37)28-20-10-14-30(24(20)35)16-22(32)31-11-4-7-21(31)25(36)29-12-8-18(9-13-29)15-23(33)34/h2-3,5-6,18,20-21H,4,7-16H2,1H3,(H,33,34)(H2,27,28,37). The summed E-state index contributed by atoms with van der Waals surface area (Å²) in [5.74, 6) is -1.42. The fraction of sp³-hybridized carbons (Fsp3) is 0.577. The predicted molar refractivity (Wildman–Crippen MR) is 135 cm³/mol. The maximum atomic E-state index is 13.2. The van der Waals surface area contributed by atoms with Gasteiger partial charge in [0.25, 0.3) is 0 Å². The van der Waals surface area contributed by atoms with Crippen LogP contribution in [0.15, 0.2) is 24.3 Å². The van der Waals surface area contributed by atoms with Gasteiger partial charge in [-0.2, -0.15) is 0 Å². The number of carbonyl (C=O) groups is 5. The molecule has 0 saturated carbocycles. The molecule has 200 valence electrons. The fourth-order valence-electron chi connectivity index (χ4n) is 5.45. The number of carboxylic acids is 1. The van der Waals surface area contributed by atoms with Crippen LogP contribution in [0.1, 0.15) is 44.1 Å². The number of anilines is 1. The van der Waals surface area contributed by atoms with Crippen LogP contribution in [-0.2, 0) is 19.2 Å². The molecule has 3 aliphatic rings. The van der Waals surface area contributed by atoms with Crippen LogP contribution in [0, 0.1) is 12.8 Å². The predicted octanol–water partition coefficient (Wildman–Crippen LogP) is 1.42. The Hall–Kier alpha value is -3.63. The van der Waals surface area contributed by atoms with E-state index in [-0.39, 0.29) is 36.6 Å². The number of hydrogen-bond acceptors (Lipinski definition) is 5. The zero-order valence-corrected chi connectivity index (χ0v) is 21.1. The molecule has 1 aromatic rings. The molecule has 3 saturated heterocycles. The highest BCUT2D eigenvalue weighted by molar-refractivity contribution is 5.96. The number of carboxylic acid groups (broad SMARTS) is 1. The van der Waals surface area contributed by atoms with E-state index in [9.17, 15) is 24.0 Å². The van der Waals surface area contributed by atoms with E-state index in [1.165, 1.54) is 4.90 Å². The third-order valence-corrected chi connectivity index (χ3v) is 7.57. The molecule has 5 amide bonds. The molecule has 2 atom stereocenters. The Morgan fingerprint density at radius 2 is 1.73 bits per heavy atom. The van der Waals surface area contributed by atoms with Crippen molar-refractivity contribution in [1.29, 1.82) is 0 Å². The third-order valence-electron chi connectivity index (χ3n) is 7.57. The Kier molecular flexibility index (Phi) is 8.30. The quantitative estimate of drug-likeness (QED) is 0.504. The van der Waals surface area contributed by atoms with Crippen LogP contribution in [0.3, 0.4) is 0 Å². The number of nitrogens with one attached hydrogen (secondary N) is 2. The maximum Gasteiger partial charge on any atom is 0.319 e. The second-order valence-electron chi connectivity index (χ2n) is 10.1. The van der Waals surface area contributed by atoms with Crippen molar-refractivity contribution in [2.75, 3.05) is 38.0 Å². The minimum Gasteiger partial charge on any atom is -0.481 e. The molecule has 0 radical (unpaired) electrons. The minimum absolute atomic E-state index is 0.0735. The van der Waals surface area contributed by atoms with E-state index >= 15 is 0 Å². The lowest BCUT2D eigenvalue weighted by Crippen LogP contribution is -2.52. The topological polar surface area (TPSA) is 139 Å². The van der Waals surface area contributed by atoms with E-state index in [1.54, 1.807) is 15.9 Å². The van der Waals surface area contributed by atoms with E-state index in [0.29, 0.717) is 57.5 Å². The lowest BCUT2D eigenvalue weighted by Gasteiger charge is -2.35. The Bertz CT molecular complexity index is 1050. The average molecular weight is 514 g/mol. The summed E-state index contributed by atoms with van der Waals surface area (Å²) in [4.78, 5) is 67.3. The third kappa shape index (κ3) is 6.39. The van der Waals surface area contributed by atoms with E-state index in [2.05, 4.69) is 10.6 Å². The maximum absolute atomic E-state index is 13.2. The molecule has 1 aromatic carbocycles. The van der Waals surface area contributed by atoms with Crippen LogP contribution in [0.2, 0.25) is 0 Å². The smallest absolute Gasteiger partial charge is 0.319 e. The lowest BCUT2D eigenvalue weighted by molar-refractivity contribution is -0.146. The van der Waals surface area contributed by atoms with Crippen LogP contribution < -0.4 is 10.6 Å². The highest BCUT2D eigenvalue weighted by Crippen LogP contribution is 2.25. The second kappa shape index (κ2) is 11.6. The van der Waals surface area contributed by atoms with Crippen molar-refractivity contribution in [3.63, 3.8) is 0 Å². The van der Waals surface area contributed by atoms with Gasteiger partial charge in [-0.15, -0.1) is 0 Å². The molecule has 4 rings (SSSR count). The van der Waals surface area contributed by atoms with Gasteiger partial charge >= 0.3 is 12.0 Å². The van der Waals surface area contributed by atoms with Gasteiger partial charge < -0.3 is 30.4 Å². The summed E-state index contributed by atoms with van der Waals surface area (Å²) >= 11 is 0. The SMILES string of the molecule is Cc1ccccc1NC(=O)NC1CCN(CC(=O)N2CCCC2C(=O)N2CCC(CC(=O)O)CC2)C1=O. The molecule has 3 N–H and O–H groups in total. The van der Waals surface area contributed by atoms with Gasteiger partial charge in [0.15, 0.2) is 0 Å². The molecule has 0 bridgehead atoms. The summed E-state index contributed by atoms with van der Waals surface area (Å²) in [6.45, 7) is 3.56. The van der Waals surface area contributed by atoms with Crippen molar-refractivity contribution in [1.82, 2.24) is 20.0 Å². The van der Waals surface area contributed by atoms with Crippen LogP contribution in [0.5, 0.6) is 0 Å². The van der Waals surface area contributed by atoms with Gasteiger partial charge in [-0.25, -0.2) is 4.79 Å². The number of nitrogens with zero attached hydrogens (tertiary/aromatic N) is 3.